The number of carbonyl (C=O) groups is 2. The molecule has 0 aliphatic heterocycles. The van der Waals surface area contributed by atoms with E-state index in [0.717, 1.165) is 16.9 Å². The molecule has 0 atom stereocenters. The minimum absolute atomic E-state index is 0.184. The molecule has 0 aliphatic carbocycles. The molecule has 2 aromatic carbocycles. The fraction of sp³-hybridized carbons (Fsp3) is 0.111. The van der Waals surface area contributed by atoms with Crippen LogP contribution in [0.3, 0.4) is 0 Å². The van der Waals surface area contributed by atoms with Crippen molar-refractivity contribution in [3.05, 3.63) is 114 Å². The maximum Gasteiger partial charge on any atom is 0.259 e. The number of amides is 1. The van der Waals surface area contributed by atoms with Gasteiger partial charge in [-0.25, -0.2) is 9.97 Å². The van der Waals surface area contributed by atoms with Crippen LogP contribution in [-0.2, 0) is 13.7 Å². The van der Waals surface area contributed by atoms with Gasteiger partial charge in [-0.1, -0.05) is 18.2 Å². The molecule has 8 nitrogen and oxygen atoms in total. The van der Waals surface area contributed by atoms with Crippen LogP contribution < -0.4 is 10.1 Å². The molecule has 35 heavy (non-hydrogen) atoms. The van der Waals surface area contributed by atoms with Crippen molar-refractivity contribution in [2.75, 3.05) is 5.32 Å². The van der Waals surface area contributed by atoms with E-state index in [1.807, 2.05) is 41.9 Å². The van der Waals surface area contributed by atoms with Gasteiger partial charge in [0.25, 0.3) is 5.91 Å². The number of anilines is 1. The zero-order valence-corrected chi connectivity index (χ0v) is 19.3. The SMILES string of the molecule is Cc1cccn2cc(COc3ccccc3C(=O)Nc3ccc(C(=O)c4nccn4C)cc3)nc12. The minimum Gasteiger partial charge on any atom is -0.486 e. The van der Waals surface area contributed by atoms with Crippen LogP contribution in [0.4, 0.5) is 5.69 Å². The molecule has 0 saturated carbocycles. The van der Waals surface area contributed by atoms with E-state index >= 15 is 0 Å². The summed E-state index contributed by atoms with van der Waals surface area (Å²) in [5.41, 5.74) is 4.18. The molecular formula is C27H23N5O3. The molecule has 0 unspecified atom stereocenters. The van der Waals surface area contributed by atoms with Crippen LogP contribution in [0, 0.1) is 6.92 Å². The second-order valence-electron chi connectivity index (χ2n) is 8.16. The lowest BCUT2D eigenvalue weighted by molar-refractivity contribution is 0.101. The molecule has 0 fully saturated rings. The molecule has 5 aromatic rings. The van der Waals surface area contributed by atoms with E-state index in [2.05, 4.69) is 15.3 Å². The Morgan fingerprint density at radius 3 is 2.54 bits per heavy atom. The molecule has 0 spiro atoms. The van der Waals surface area contributed by atoms with E-state index in [9.17, 15) is 9.59 Å². The highest BCUT2D eigenvalue weighted by molar-refractivity contribution is 6.08. The molecule has 3 heterocycles. The maximum absolute atomic E-state index is 13.0. The van der Waals surface area contributed by atoms with Crippen LogP contribution in [0.1, 0.15) is 37.8 Å². The van der Waals surface area contributed by atoms with E-state index in [-0.39, 0.29) is 18.3 Å². The lowest BCUT2D eigenvalue weighted by atomic mass is 10.1. The van der Waals surface area contributed by atoms with Gasteiger partial charge in [0.2, 0.25) is 5.78 Å². The summed E-state index contributed by atoms with van der Waals surface area (Å²) in [7, 11) is 1.77. The van der Waals surface area contributed by atoms with Gasteiger partial charge < -0.3 is 19.0 Å². The number of rotatable bonds is 7. The monoisotopic (exact) mass is 465 g/mol. The van der Waals surface area contributed by atoms with Gasteiger partial charge in [-0.15, -0.1) is 0 Å². The Morgan fingerprint density at radius 2 is 1.80 bits per heavy atom. The Hall–Kier alpha value is -4.72. The summed E-state index contributed by atoms with van der Waals surface area (Å²) < 4.78 is 9.59. The largest absolute Gasteiger partial charge is 0.486 e. The second kappa shape index (κ2) is 9.26. The first kappa shape index (κ1) is 22.1. The molecule has 0 bridgehead atoms. The number of pyridine rings is 1. The predicted octanol–water partition coefficient (Wildman–Crippen LogP) is 4.44. The van der Waals surface area contributed by atoms with Crippen molar-refractivity contribution in [2.24, 2.45) is 7.05 Å². The number of hydrogen-bond donors (Lipinski definition) is 1. The highest BCUT2D eigenvalue weighted by Crippen LogP contribution is 2.22. The van der Waals surface area contributed by atoms with Gasteiger partial charge in [-0.05, 0) is 55.0 Å². The Kier molecular flexibility index (Phi) is 5.85. The molecule has 1 N–H and O–H groups in total. The topological polar surface area (TPSA) is 90.5 Å². The van der Waals surface area contributed by atoms with Crippen LogP contribution in [0.2, 0.25) is 0 Å². The molecular weight excluding hydrogens is 442 g/mol. The van der Waals surface area contributed by atoms with Crippen molar-refractivity contribution in [3.8, 4) is 5.75 Å². The number of para-hydroxylation sites is 1. The molecule has 0 aliphatic rings. The van der Waals surface area contributed by atoms with Crippen LogP contribution in [0.5, 0.6) is 5.75 Å². The molecule has 5 rings (SSSR count). The zero-order valence-electron chi connectivity index (χ0n) is 19.3. The fourth-order valence-electron chi connectivity index (χ4n) is 3.82. The number of nitrogens with zero attached hydrogens (tertiary/aromatic N) is 4. The number of ketones is 1. The lowest BCUT2D eigenvalue weighted by Crippen LogP contribution is -2.14. The number of benzene rings is 2. The standard InChI is InChI=1S/C27H23N5O3/c1-18-6-5-14-32-16-21(29-25(18)32)17-35-23-8-4-3-7-22(23)27(34)30-20-11-9-19(10-12-20)24(33)26-28-13-15-31(26)2/h3-16H,17H2,1-2H3,(H,30,34). The van der Waals surface area contributed by atoms with Gasteiger partial charge in [0.05, 0.1) is 11.3 Å². The second-order valence-corrected chi connectivity index (χ2v) is 8.16. The first-order chi connectivity index (χ1) is 17.0. The average Bonchev–Trinajstić information content (AvgIpc) is 3.49. The summed E-state index contributed by atoms with van der Waals surface area (Å²) in [4.78, 5) is 34.3. The maximum atomic E-state index is 13.0. The van der Waals surface area contributed by atoms with Gasteiger partial charge >= 0.3 is 0 Å². The first-order valence-electron chi connectivity index (χ1n) is 11.1. The van der Waals surface area contributed by atoms with Crippen molar-refractivity contribution < 1.29 is 14.3 Å². The summed E-state index contributed by atoms with van der Waals surface area (Å²) in [6.07, 6.45) is 7.16. The number of aryl methyl sites for hydroxylation is 2. The van der Waals surface area contributed by atoms with Crippen LogP contribution in [0.25, 0.3) is 5.65 Å². The third kappa shape index (κ3) is 4.54. The zero-order chi connectivity index (χ0) is 24.4. The van der Waals surface area contributed by atoms with Gasteiger partial charge in [0.15, 0.2) is 5.82 Å². The van der Waals surface area contributed by atoms with Gasteiger partial charge in [0, 0.05) is 43.1 Å². The highest BCUT2D eigenvalue weighted by atomic mass is 16.5. The molecule has 8 heteroatoms. The van der Waals surface area contributed by atoms with Gasteiger partial charge in [-0.3, -0.25) is 9.59 Å². The van der Waals surface area contributed by atoms with Crippen LogP contribution in [-0.4, -0.2) is 30.6 Å². The van der Waals surface area contributed by atoms with Crippen molar-refractivity contribution in [1.29, 1.82) is 0 Å². The van der Waals surface area contributed by atoms with E-state index in [1.165, 1.54) is 0 Å². The number of nitrogens with one attached hydrogen (secondary N) is 1. The quantitative estimate of drug-likeness (QED) is 0.359. The first-order valence-corrected chi connectivity index (χ1v) is 11.1. The number of aromatic nitrogens is 4. The van der Waals surface area contributed by atoms with E-state index in [1.54, 1.807) is 66.5 Å². The van der Waals surface area contributed by atoms with E-state index in [0.29, 0.717) is 28.4 Å². The Bertz CT molecular complexity index is 1530. The average molecular weight is 466 g/mol. The highest BCUT2D eigenvalue weighted by Gasteiger charge is 2.16. The van der Waals surface area contributed by atoms with Crippen molar-refractivity contribution in [2.45, 2.75) is 13.5 Å². The summed E-state index contributed by atoms with van der Waals surface area (Å²) in [5, 5.41) is 2.87. The van der Waals surface area contributed by atoms with Crippen molar-refractivity contribution >= 4 is 23.0 Å². The molecule has 3 aromatic heterocycles. The number of hydrogen-bond acceptors (Lipinski definition) is 5. The van der Waals surface area contributed by atoms with Crippen molar-refractivity contribution in [3.63, 3.8) is 0 Å². The van der Waals surface area contributed by atoms with Gasteiger partial charge in [0.1, 0.15) is 18.0 Å². The third-order valence-corrected chi connectivity index (χ3v) is 5.66. The van der Waals surface area contributed by atoms with Gasteiger partial charge in [-0.2, -0.15) is 0 Å². The molecule has 174 valence electrons. The van der Waals surface area contributed by atoms with E-state index in [4.69, 9.17) is 4.74 Å². The van der Waals surface area contributed by atoms with Crippen molar-refractivity contribution in [1.82, 2.24) is 18.9 Å². The number of carbonyl (C=O) groups excluding carboxylic acids is 2. The molecule has 0 saturated heterocycles. The third-order valence-electron chi connectivity index (χ3n) is 5.66. The fourth-order valence-corrected chi connectivity index (χ4v) is 3.82. The minimum atomic E-state index is -0.311. The molecule has 1 amide bonds. The van der Waals surface area contributed by atoms with Crippen LogP contribution in [0.15, 0.2) is 85.5 Å². The predicted molar refractivity (Wildman–Crippen MR) is 132 cm³/mol. The van der Waals surface area contributed by atoms with Crippen LogP contribution >= 0.6 is 0 Å². The summed E-state index contributed by atoms with van der Waals surface area (Å²) >= 11 is 0. The summed E-state index contributed by atoms with van der Waals surface area (Å²) in [6.45, 7) is 2.24. The number of imidazole rings is 2. The lowest BCUT2D eigenvalue weighted by Gasteiger charge is -2.11. The number of fused-ring (bicyclic) bond motifs is 1. The summed E-state index contributed by atoms with van der Waals surface area (Å²) in [5.74, 6) is 0.319. The van der Waals surface area contributed by atoms with E-state index < -0.39 is 0 Å². The Balaban J connectivity index is 1.28. The smallest absolute Gasteiger partial charge is 0.259 e. The Labute approximate surface area is 201 Å². The normalized spacial score (nSPS) is 10.9. The summed E-state index contributed by atoms with van der Waals surface area (Å²) in [6, 6.07) is 17.8. The number of ether oxygens (including phenoxy) is 1. The molecule has 0 radical (unpaired) electrons. The Morgan fingerprint density at radius 1 is 1.00 bits per heavy atom.